The maximum Gasteiger partial charge on any atom is 0.242 e. The van der Waals surface area contributed by atoms with E-state index < -0.39 is 5.54 Å². The summed E-state index contributed by atoms with van der Waals surface area (Å²) in [6.07, 6.45) is 0. The molecule has 29 heavy (non-hydrogen) atoms. The van der Waals surface area contributed by atoms with Gasteiger partial charge in [0.2, 0.25) is 5.91 Å². The molecular weight excluding hydrogens is 386 g/mol. The Morgan fingerprint density at radius 2 is 1.59 bits per heavy atom. The summed E-state index contributed by atoms with van der Waals surface area (Å²) >= 11 is 6.03. The summed E-state index contributed by atoms with van der Waals surface area (Å²) in [5, 5.41) is 11.9. The van der Waals surface area contributed by atoms with Gasteiger partial charge >= 0.3 is 0 Å². The second-order valence-electron chi connectivity index (χ2n) is 7.93. The molecule has 0 unspecified atom stereocenters. The van der Waals surface area contributed by atoms with Crippen LogP contribution in [0.5, 0.6) is 0 Å². The number of halogens is 1. The van der Waals surface area contributed by atoms with Crippen LogP contribution in [-0.2, 0) is 4.79 Å². The normalized spacial score (nSPS) is 15.0. The Morgan fingerprint density at radius 1 is 0.966 bits per heavy atom. The molecule has 1 fully saturated rings. The Kier molecular flexibility index (Phi) is 5.15. The van der Waals surface area contributed by atoms with E-state index in [1.807, 2.05) is 41.3 Å². The van der Waals surface area contributed by atoms with Crippen LogP contribution >= 0.6 is 11.6 Å². The predicted octanol–water partition coefficient (Wildman–Crippen LogP) is 3.34. The van der Waals surface area contributed by atoms with Crippen LogP contribution in [-0.4, -0.2) is 52.7 Å². The molecule has 0 bridgehead atoms. The lowest BCUT2D eigenvalue weighted by molar-refractivity contribution is -0.136. The van der Waals surface area contributed by atoms with Crippen molar-refractivity contribution < 1.29 is 4.79 Å². The Morgan fingerprint density at radius 3 is 2.21 bits per heavy atom. The topological polar surface area (TPSA) is 75.4 Å². The first-order valence-corrected chi connectivity index (χ1v) is 10.1. The van der Waals surface area contributed by atoms with Gasteiger partial charge in [-0.2, -0.15) is 0 Å². The number of nitrogens with two attached hydrogens (primary N) is 1. The summed E-state index contributed by atoms with van der Waals surface area (Å²) in [6.45, 7) is 6.12. The molecule has 1 saturated heterocycles. The Labute approximate surface area is 175 Å². The van der Waals surface area contributed by atoms with Crippen molar-refractivity contribution in [3.8, 4) is 11.3 Å². The lowest BCUT2D eigenvalue weighted by atomic mass is 10.0. The highest BCUT2D eigenvalue weighted by molar-refractivity contribution is 6.30. The summed E-state index contributed by atoms with van der Waals surface area (Å²) in [4.78, 5) is 16.5. The van der Waals surface area contributed by atoms with E-state index in [9.17, 15) is 4.79 Å². The highest BCUT2D eigenvalue weighted by atomic mass is 35.5. The lowest BCUT2D eigenvalue weighted by Gasteiger charge is -2.38. The quantitative estimate of drug-likeness (QED) is 0.718. The molecule has 1 aliphatic rings. The predicted molar refractivity (Wildman–Crippen MR) is 117 cm³/mol. The molecule has 2 heterocycles. The second kappa shape index (κ2) is 7.61. The van der Waals surface area contributed by atoms with Crippen LogP contribution in [0.3, 0.4) is 0 Å². The highest BCUT2D eigenvalue weighted by Crippen LogP contribution is 2.32. The minimum Gasteiger partial charge on any atom is -0.351 e. The van der Waals surface area contributed by atoms with Crippen LogP contribution in [0.1, 0.15) is 13.8 Å². The number of amides is 1. The summed E-state index contributed by atoms with van der Waals surface area (Å²) in [7, 11) is 0. The number of nitrogens with zero attached hydrogens (tertiary/aromatic N) is 4. The van der Waals surface area contributed by atoms with Crippen LogP contribution < -0.4 is 10.6 Å². The van der Waals surface area contributed by atoms with Gasteiger partial charge in [-0.15, -0.1) is 10.2 Å². The summed E-state index contributed by atoms with van der Waals surface area (Å²) in [6, 6.07) is 15.8. The summed E-state index contributed by atoms with van der Waals surface area (Å²) in [5.41, 5.74) is 6.93. The van der Waals surface area contributed by atoms with Gasteiger partial charge in [-0.3, -0.25) is 4.79 Å². The fraction of sp³-hybridized carbons (Fsp3) is 0.318. The number of anilines is 1. The summed E-state index contributed by atoms with van der Waals surface area (Å²) < 4.78 is 0. The maximum atomic E-state index is 12.4. The van der Waals surface area contributed by atoms with Gasteiger partial charge in [-0.05, 0) is 26.0 Å². The maximum absolute atomic E-state index is 12.4. The number of aromatic nitrogens is 2. The number of piperazine rings is 1. The standard InChI is InChI=1S/C22H24ClN5O/c1-22(2,24)21(29)28-13-11-27(12-14-28)20-18-6-4-3-5-17(18)19(25-26-20)15-7-9-16(23)10-8-15/h3-10H,11-14,24H2,1-2H3. The SMILES string of the molecule is CC(C)(N)C(=O)N1CCN(c2nnc(-c3ccc(Cl)cc3)c3ccccc23)CC1. The van der Waals surface area contributed by atoms with Crippen molar-refractivity contribution in [2.45, 2.75) is 19.4 Å². The third kappa shape index (κ3) is 3.91. The molecule has 0 spiro atoms. The molecule has 4 rings (SSSR count). The number of benzene rings is 2. The van der Waals surface area contributed by atoms with Gasteiger partial charge < -0.3 is 15.5 Å². The third-order valence-electron chi connectivity index (χ3n) is 5.20. The average Bonchev–Trinajstić information content (AvgIpc) is 2.73. The average molecular weight is 410 g/mol. The van der Waals surface area contributed by atoms with Crippen molar-refractivity contribution in [1.82, 2.24) is 15.1 Å². The minimum atomic E-state index is -0.852. The van der Waals surface area contributed by atoms with E-state index in [2.05, 4.69) is 27.2 Å². The van der Waals surface area contributed by atoms with Gasteiger partial charge in [0.05, 0.1) is 5.54 Å². The van der Waals surface area contributed by atoms with E-state index in [0.717, 1.165) is 27.8 Å². The third-order valence-corrected chi connectivity index (χ3v) is 5.46. The van der Waals surface area contributed by atoms with E-state index >= 15 is 0 Å². The number of fused-ring (bicyclic) bond motifs is 1. The van der Waals surface area contributed by atoms with Crippen molar-refractivity contribution in [2.75, 3.05) is 31.1 Å². The molecule has 2 aromatic carbocycles. The number of carbonyl (C=O) groups excluding carboxylic acids is 1. The van der Waals surface area contributed by atoms with E-state index in [0.29, 0.717) is 31.2 Å². The zero-order valence-electron chi connectivity index (χ0n) is 16.6. The van der Waals surface area contributed by atoms with Crippen molar-refractivity contribution >= 4 is 34.1 Å². The highest BCUT2D eigenvalue weighted by Gasteiger charge is 2.31. The van der Waals surface area contributed by atoms with Crippen LogP contribution in [0.2, 0.25) is 5.02 Å². The number of rotatable bonds is 3. The van der Waals surface area contributed by atoms with Crippen molar-refractivity contribution in [2.24, 2.45) is 5.73 Å². The van der Waals surface area contributed by atoms with E-state index in [1.165, 1.54) is 0 Å². The van der Waals surface area contributed by atoms with Crippen LogP contribution in [0, 0.1) is 0 Å². The number of hydrogen-bond donors (Lipinski definition) is 1. The molecule has 0 aliphatic carbocycles. The van der Waals surface area contributed by atoms with Crippen molar-refractivity contribution in [3.63, 3.8) is 0 Å². The lowest BCUT2D eigenvalue weighted by Crippen LogP contribution is -2.57. The molecule has 0 radical (unpaired) electrons. The van der Waals surface area contributed by atoms with Gasteiger partial charge in [-0.1, -0.05) is 48.0 Å². The first-order chi connectivity index (χ1) is 13.8. The molecule has 1 aliphatic heterocycles. The zero-order valence-corrected chi connectivity index (χ0v) is 17.4. The fourth-order valence-electron chi connectivity index (χ4n) is 3.67. The van der Waals surface area contributed by atoms with Crippen molar-refractivity contribution in [3.05, 3.63) is 53.6 Å². The van der Waals surface area contributed by atoms with Crippen molar-refractivity contribution in [1.29, 1.82) is 0 Å². The Balaban J connectivity index is 1.64. The molecular formula is C22H24ClN5O. The molecule has 0 saturated carbocycles. The zero-order chi connectivity index (χ0) is 20.6. The molecule has 150 valence electrons. The Bertz CT molecular complexity index is 1040. The van der Waals surface area contributed by atoms with E-state index in [4.69, 9.17) is 17.3 Å². The molecule has 1 aromatic heterocycles. The second-order valence-corrected chi connectivity index (χ2v) is 8.36. The first-order valence-electron chi connectivity index (χ1n) is 9.69. The molecule has 6 nitrogen and oxygen atoms in total. The fourth-order valence-corrected chi connectivity index (χ4v) is 3.80. The van der Waals surface area contributed by atoms with E-state index in [-0.39, 0.29) is 5.91 Å². The van der Waals surface area contributed by atoms with E-state index in [1.54, 1.807) is 13.8 Å². The first kappa shape index (κ1) is 19.6. The van der Waals surface area contributed by atoms with Crippen LogP contribution in [0.25, 0.3) is 22.0 Å². The van der Waals surface area contributed by atoms with Crippen LogP contribution in [0.15, 0.2) is 48.5 Å². The molecule has 3 aromatic rings. The monoisotopic (exact) mass is 409 g/mol. The van der Waals surface area contributed by atoms with Gasteiger partial charge in [-0.25, -0.2) is 0 Å². The van der Waals surface area contributed by atoms with Gasteiger partial charge in [0.15, 0.2) is 5.82 Å². The number of hydrogen-bond acceptors (Lipinski definition) is 5. The minimum absolute atomic E-state index is 0.0221. The van der Waals surface area contributed by atoms with Crippen LogP contribution in [0.4, 0.5) is 5.82 Å². The molecule has 7 heteroatoms. The van der Waals surface area contributed by atoms with Gasteiger partial charge in [0.1, 0.15) is 5.69 Å². The van der Waals surface area contributed by atoms with Gasteiger partial charge in [0.25, 0.3) is 0 Å². The van der Waals surface area contributed by atoms with Gasteiger partial charge in [0, 0.05) is 47.5 Å². The molecule has 2 N–H and O–H groups in total. The Hall–Kier alpha value is -2.70. The summed E-state index contributed by atoms with van der Waals surface area (Å²) in [5.74, 6) is 0.823. The number of carbonyl (C=O) groups is 1. The molecule has 0 atom stereocenters. The smallest absolute Gasteiger partial charge is 0.242 e. The molecule has 1 amide bonds. The largest absolute Gasteiger partial charge is 0.351 e.